The van der Waals surface area contributed by atoms with Crippen molar-refractivity contribution >= 4 is 29.5 Å². The van der Waals surface area contributed by atoms with Gasteiger partial charge in [-0.1, -0.05) is 18.2 Å². The van der Waals surface area contributed by atoms with Crippen LogP contribution in [0.5, 0.6) is 0 Å². The first kappa shape index (κ1) is 17.3. The van der Waals surface area contributed by atoms with E-state index in [4.69, 9.17) is 5.11 Å². The predicted octanol–water partition coefficient (Wildman–Crippen LogP) is 1.57. The second-order valence-corrected chi connectivity index (χ2v) is 6.30. The van der Waals surface area contributed by atoms with Crippen LogP contribution < -0.4 is 5.32 Å². The lowest BCUT2D eigenvalue weighted by Crippen LogP contribution is -2.47. The van der Waals surface area contributed by atoms with Gasteiger partial charge in [0.15, 0.2) is 0 Å². The minimum atomic E-state index is -0.830. The van der Waals surface area contributed by atoms with Gasteiger partial charge in [0, 0.05) is 24.3 Å². The topological polar surface area (TPSA) is 86.7 Å². The number of aliphatic carboxylic acids is 1. The van der Waals surface area contributed by atoms with Gasteiger partial charge in [-0.2, -0.15) is 0 Å². The van der Waals surface area contributed by atoms with E-state index < -0.39 is 12.0 Å². The fourth-order valence-electron chi connectivity index (χ4n) is 2.34. The van der Waals surface area contributed by atoms with E-state index in [0.717, 1.165) is 0 Å². The van der Waals surface area contributed by atoms with Gasteiger partial charge in [-0.3, -0.25) is 14.4 Å². The third kappa shape index (κ3) is 4.99. The highest BCUT2D eigenvalue weighted by Gasteiger charge is 2.34. The zero-order valence-electron chi connectivity index (χ0n) is 12.7. The molecule has 7 heteroatoms. The summed E-state index contributed by atoms with van der Waals surface area (Å²) in [7, 11) is 0. The molecule has 0 bridgehead atoms. The molecule has 1 heterocycles. The first-order chi connectivity index (χ1) is 11.1. The van der Waals surface area contributed by atoms with E-state index in [1.165, 1.54) is 0 Å². The molecule has 23 heavy (non-hydrogen) atoms. The summed E-state index contributed by atoms with van der Waals surface area (Å²) in [6, 6.07) is 8.46. The van der Waals surface area contributed by atoms with Crippen LogP contribution in [-0.2, 0) is 9.59 Å². The van der Waals surface area contributed by atoms with Gasteiger partial charge in [0.25, 0.3) is 5.91 Å². The van der Waals surface area contributed by atoms with Crippen LogP contribution in [0.1, 0.15) is 29.6 Å². The summed E-state index contributed by atoms with van der Waals surface area (Å²) < 4.78 is 0. The number of benzene rings is 1. The highest BCUT2D eigenvalue weighted by molar-refractivity contribution is 7.99. The van der Waals surface area contributed by atoms with Gasteiger partial charge in [-0.05, 0) is 25.0 Å². The summed E-state index contributed by atoms with van der Waals surface area (Å²) in [4.78, 5) is 36.7. The zero-order chi connectivity index (χ0) is 16.7. The maximum absolute atomic E-state index is 12.5. The molecule has 1 aliphatic rings. The fraction of sp³-hybridized carbons (Fsp3) is 0.438. The SMILES string of the molecule is O=C(O)CCCCNC(=O)C1CSCN1C(=O)c1ccccc1. The molecule has 1 unspecified atom stereocenters. The summed E-state index contributed by atoms with van der Waals surface area (Å²) in [6.45, 7) is 0.431. The van der Waals surface area contributed by atoms with Gasteiger partial charge in [0.2, 0.25) is 5.91 Å². The van der Waals surface area contributed by atoms with Crippen LogP contribution in [0, 0.1) is 0 Å². The van der Waals surface area contributed by atoms with Gasteiger partial charge in [-0.15, -0.1) is 11.8 Å². The van der Waals surface area contributed by atoms with E-state index in [2.05, 4.69) is 5.32 Å². The average molecular weight is 336 g/mol. The maximum Gasteiger partial charge on any atom is 0.303 e. The average Bonchev–Trinajstić information content (AvgIpc) is 3.04. The predicted molar refractivity (Wildman–Crippen MR) is 88.2 cm³/mol. The highest BCUT2D eigenvalue weighted by atomic mass is 32.2. The number of carboxylic acid groups (broad SMARTS) is 1. The number of carboxylic acids is 1. The molecule has 1 aromatic rings. The molecule has 6 nitrogen and oxygen atoms in total. The Balaban J connectivity index is 1.84. The van der Waals surface area contributed by atoms with Crippen LogP contribution in [0.15, 0.2) is 30.3 Å². The van der Waals surface area contributed by atoms with Crippen molar-refractivity contribution in [1.29, 1.82) is 0 Å². The standard InChI is InChI=1S/C16H20N2O4S/c19-14(20)8-4-5-9-17-15(21)13-10-23-11-18(13)16(22)12-6-2-1-3-7-12/h1-3,6-7,13H,4-5,8-11H2,(H,17,21)(H,19,20). The molecule has 1 saturated heterocycles. The molecular weight excluding hydrogens is 316 g/mol. The molecule has 0 aromatic heterocycles. The van der Waals surface area contributed by atoms with Crippen molar-refractivity contribution in [2.24, 2.45) is 0 Å². The Morgan fingerprint density at radius 2 is 1.96 bits per heavy atom. The van der Waals surface area contributed by atoms with Gasteiger partial charge in [0.1, 0.15) is 6.04 Å². The van der Waals surface area contributed by atoms with E-state index in [9.17, 15) is 14.4 Å². The number of thioether (sulfide) groups is 1. The zero-order valence-corrected chi connectivity index (χ0v) is 13.6. The minimum Gasteiger partial charge on any atom is -0.481 e. The van der Waals surface area contributed by atoms with Crippen LogP contribution in [-0.4, -0.2) is 52.0 Å². The summed E-state index contributed by atoms with van der Waals surface area (Å²) in [6.07, 6.45) is 1.25. The van der Waals surface area contributed by atoms with E-state index in [1.807, 2.05) is 6.07 Å². The second-order valence-electron chi connectivity index (χ2n) is 5.30. The van der Waals surface area contributed by atoms with Crippen molar-refractivity contribution in [1.82, 2.24) is 10.2 Å². The first-order valence-electron chi connectivity index (χ1n) is 7.53. The van der Waals surface area contributed by atoms with Crippen LogP contribution >= 0.6 is 11.8 Å². The molecule has 1 fully saturated rings. The summed E-state index contributed by atoms with van der Waals surface area (Å²) in [5.41, 5.74) is 0.578. The van der Waals surface area contributed by atoms with Gasteiger partial charge >= 0.3 is 5.97 Å². The van der Waals surface area contributed by atoms with Crippen molar-refractivity contribution in [2.75, 3.05) is 18.2 Å². The van der Waals surface area contributed by atoms with Gasteiger partial charge < -0.3 is 15.3 Å². The third-order valence-corrected chi connectivity index (χ3v) is 4.60. The molecule has 0 saturated carbocycles. The molecule has 0 spiro atoms. The molecule has 0 aliphatic carbocycles. The summed E-state index contributed by atoms with van der Waals surface area (Å²) in [5.74, 6) is -0.0518. The monoisotopic (exact) mass is 336 g/mol. The number of hydrogen-bond acceptors (Lipinski definition) is 4. The molecule has 1 aromatic carbocycles. The van der Waals surface area contributed by atoms with Crippen molar-refractivity contribution in [3.63, 3.8) is 0 Å². The molecule has 2 amide bonds. The van der Waals surface area contributed by atoms with E-state index in [0.29, 0.717) is 36.6 Å². The van der Waals surface area contributed by atoms with Gasteiger partial charge in [-0.25, -0.2) is 0 Å². The molecule has 2 N–H and O–H groups in total. The number of nitrogens with zero attached hydrogens (tertiary/aromatic N) is 1. The Bertz CT molecular complexity index is 564. The van der Waals surface area contributed by atoms with E-state index >= 15 is 0 Å². The van der Waals surface area contributed by atoms with Crippen molar-refractivity contribution in [3.8, 4) is 0 Å². The largest absolute Gasteiger partial charge is 0.481 e. The number of amides is 2. The number of hydrogen-bond donors (Lipinski definition) is 2. The van der Waals surface area contributed by atoms with Crippen molar-refractivity contribution < 1.29 is 19.5 Å². The molecule has 124 valence electrons. The molecule has 0 radical (unpaired) electrons. The van der Waals surface area contributed by atoms with Crippen molar-refractivity contribution in [2.45, 2.75) is 25.3 Å². The smallest absolute Gasteiger partial charge is 0.303 e. The first-order valence-corrected chi connectivity index (χ1v) is 8.68. The number of nitrogens with one attached hydrogen (secondary N) is 1. The number of carbonyl (C=O) groups excluding carboxylic acids is 2. The molecule has 1 aliphatic heterocycles. The molecule has 2 rings (SSSR count). The third-order valence-electron chi connectivity index (χ3n) is 3.58. The fourth-order valence-corrected chi connectivity index (χ4v) is 3.49. The number of unbranched alkanes of at least 4 members (excludes halogenated alkanes) is 1. The van der Waals surface area contributed by atoms with Crippen LogP contribution in [0.4, 0.5) is 0 Å². The van der Waals surface area contributed by atoms with Crippen LogP contribution in [0.2, 0.25) is 0 Å². The Morgan fingerprint density at radius 3 is 2.65 bits per heavy atom. The summed E-state index contributed by atoms with van der Waals surface area (Å²) in [5, 5.41) is 11.4. The van der Waals surface area contributed by atoms with E-state index in [1.54, 1.807) is 40.9 Å². The molecule has 1 atom stereocenters. The number of rotatable bonds is 7. The lowest BCUT2D eigenvalue weighted by molar-refractivity contribution is -0.137. The van der Waals surface area contributed by atoms with Gasteiger partial charge in [0.05, 0.1) is 5.88 Å². The quantitative estimate of drug-likeness (QED) is 0.738. The normalized spacial score (nSPS) is 17.0. The lowest BCUT2D eigenvalue weighted by Gasteiger charge is -2.23. The maximum atomic E-state index is 12.5. The summed E-state index contributed by atoms with van der Waals surface area (Å²) >= 11 is 1.56. The Labute approximate surface area is 139 Å². The Morgan fingerprint density at radius 1 is 1.22 bits per heavy atom. The highest BCUT2D eigenvalue weighted by Crippen LogP contribution is 2.23. The van der Waals surface area contributed by atoms with Crippen LogP contribution in [0.3, 0.4) is 0 Å². The van der Waals surface area contributed by atoms with Crippen molar-refractivity contribution in [3.05, 3.63) is 35.9 Å². The molecular formula is C16H20N2O4S. The van der Waals surface area contributed by atoms with E-state index in [-0.39, 0.29) is 18.2 Å². The van der Waals surface area contributed by atoms with Crippen LogP contribution in [0.25, 0.3) is 0 Å². The Hall–Kier alpha value is -2.02. The lowest BCUT2D eigenvalue weighted by atomic mass is 10.1. The number of carbonyl (C=O) groups is 3. The second kappa shape index (κ2) is 8.57. The minimum absolute atomic E-state index is 0.105. The Kier molecular flexibility index (Phi) is 6.46.